The lowest BCUT2D eigenvalue weighted by atomic mass is 9.99. The summed E-state index contributed by atoms with van der Waals surface area (Å²) in [5, 5.41) is 11.6. The Balaban J connectivity index is 1.89. The van der Waals surface area contributed by atoms with Crippen LogP contribution in [-0.2, 0) is 11.3 Å². The number of ether oxygens (including phenoxy) is 1. The fourth-order valence-corrected chi connectivity index (χ4v) is 3.19. The summed E-state index contributed by atoms with van der Waals surface area (Å²) in [6.45, 7) is 2.77. The third kappa shape index (κ3) is 4.74. The van der Waals surface area contributed by atoms with Gasteiger partial charge in [0.1, 0.15) is 23.2 Å². The predicted octanol–water partition coefficient (Wildman–Crippen LogP) is 5.46. The van der Waals surface area contributed by atoms with Crippen LogP contribution in [0.25, 0.3) is 11.1 Å². The van der Waals surface area contributed by atoms with Crippen molar-refractivity contribution in [1.82, 2.24) is 0 Å². The van der Waals surface area contributed by atoms with Crippen molar-refractivity contribution in [3.05, 3.63) is 82.7 Å². The van der Waals surface area contributed by atoms with Gasteiger partial charge >= 0.3 is 5.97 Å². The lowest BCUT2D eigenvalue weighted by Gasteiger charge is -2.16. The minimum absolute atomic E-state index is 0.0318. The number of aliphatic carboxylic acids is 1. The molecule has 0 radical (unpaired) electrons. The van der Waals surface area contributed by atoms with Crippen molar-refractivity contribution < 1.29 is 27.8 Å². The Hall–Kier alpha value is -3.48. The minimum Gasteiger partial charge on any atom is -0.482 e. The molecule has 0 fully saturated rings. The molecule has 0 aliphatic carbocycles. The Morgan fingerprint density at radius 3 is 2.53 bits per heavy atom. The number of benzene rings is 3. The first-order valence-corrected chi connectivity index (χ1v) is 9.18. The molecule has 0 unspecified atom stereocenters. The van der Waals surface area contributed by atoms with Gasteiger partial charge in [-0.2, -0.15) is 0 Å². The van der Waals surface area contributed by atoms with Crippen LogP contribution in [0.15, 0.2) is 48.5 Å². The lowest BCUT2D eigenvalue weighted by Crippen LogP contribution is -2.11. The van der Waals surface area contributed by atoms with Crippen LogP contribution in [0, 0.1) is 31.3 Å². The Morgan fingerprint density at radius 2 is 1.83 bits per heavy atom. The van der Waals surface area contributed by atoms with Crippen molar-refractivity contribution in [2.45, 2.75) is 20.4 Å². The van der Waals surface area contributed by atoms with Crippen LogP contribution in [0.1, 0.15) is 16.7 Å². The van der Waals surface area contributed by atoms with E-state index >= 15 is 4.39 Å². The molecule has 0 aliphatic heterocycles. The molecule has 156 valence electrons. The Bertz CT molecular complexity index is 1100. The van der Waals surface area contributed by atoms with Crippen LogP contribution in [0.4, 0.5) is 18.9 Å². The van der Waals surface area contributed by atoms with Gasteiger partial charge in [0, 0.05) is 23.2 Å². The first-order chi connectivity index (χ1) is 14.3. The Kier molecular flexibility index (Phi) is 6.30. The number of halogens is 3. The van der Waals surface area contributed by atoms with E-state index in [1.54, 1.807) is 32.0 Å². The Labute approximate surface area is 171 Å². The number of carbonyl (C=O) groups is 1. The second kappa shape index (κ2) is 8.90. The average Bonchev–Trinajstić information content (AvgIpc) is 2.69. The summed E-state index contributed by atoms with van der Waals surface area (Å²) >= 11 is 0. The van der Waals surface area contributed by atoms with Gasteiger partial charge in [-0.1, -0.05) is 18.2 Å². The number of hydrogen-bond acceptors (Lipinski definition) is 3. The molecule has 0 saturated carbocycles. The maximum Gasteiger partial charge on any atom is 0.341 e. The predicted molar refractivity (Wildman–Crippen MR) is 108 cm³/mol. The molecule has 3 aromatic carbocycles. The largest absolute Gasteiger partial charge is 0.482 e. The van der Waals surface area contributed by atoms with E-state index in [-0.39, 0.29) is 29.1 Å². The molecule has 0 aromatic heterocycles. The molecule has 0 heterocycles. The summed E-state index contributed by atoms with van der Waals surface area (Å²) in [5.41, 5.74) is 2.17. The van der Waals surface area contributed by atoms with Gasteiger partial charge in [-0.3, -0.25) is 0 Å². The summed E-state index contributed by atoms with van der Waals surface area (Å²) in [6.07, 6.45) is 0. The highest BCUT2D eigenvalue weighted by Crippen LogP contribution is 2.31. The van der Waals surface area contributed by atoms with Crippen molar-refractivity contribution in [3.63, 3.8) is 0 Å². The molecule has 2 N–H and O–H groups in total. The second-order valence-electron chi connectivity index (χ2n) is 6.88. The van der Waals surface area contributed by atoms with E-state index in [1.165, 1.54) is 24.3 Å². The first kappa shape index (κ1) is 21.2. The molecule has 3 aromatic rings. The molecular formula is C23H20F3NO3. The van der Waals surface area contributed by atoms with Gasteiger partial charge in [0.05, 0.1) is 5.69 Å². The fourth-order valence-electron chi connectivity index (χ4n) is 3.19. The topological polar surface area (TPSA) is 58.6 Å². The van der Waals surface area contributed by atoms with Crippen molar-refractivity contribution in [2.75, 3.05) is 11.9 Å². The zero-order chi connectivity index (χ0) is 21.8. The van der Waals surface area contributed by atoms with Gasteiger partial charge in [0.15, 0.2) is 6.61 Å². The monoisotopic (exact) mass is 415 g/mol. The van der Waals surface area contributed by atoms with Crippen LogP contribution < -0.4 is 10.1 Å². The molecule has 7 heteroatoms. The molecule has 0 aliphatic rings. The van der Waals surface area contributed by atoms with Gasteiger partial charge in [-0.15, -0.1) is 0 Å². The fraction of sp³-hybridized carbons (Fsp3) is 0.174. The number of anilines is 1. The van der Waals surface area contributed by atoms with E-state index in [0.29, 0.717) is 11.1 Å². The molecule has 3 rings (SSSR count). The third-order valence-corrected chi connectivity index (χ3v) is 4.60. The number of carboxylic acids is 1. The summed E-state index contributed by atoms with van der Waals surface area (Å²) in [7, 11) is 0. The number of hydrogen-bond donors (Lipinski definition) is 2. The normalized spacial score (nSPS) is 10.7. The van der Waals surface area contributed by atoms with E-state index in [9.17, 15) is 13.6 Å². The lowest BCUT2D eigenvalue weighted by molar-refractivity contribution is -0.139. The minimum atomic E-state index is -1.15. The first-order valence-electron chi connectivity index (χ1n) is 9.18. The van der Waals surface area contributed by atoms with Crippen LogP contribution in [0.2, 0.25) is 0 Å². The summed E-state index contributed by atoms with van der Waals surface area (Å²) in [6, 6.07) is 11.4. The van der Waals surface area contributed by atoms with Crippen LogP contribution >= 0.6 is 0 Å². The van der Waals surface area contributed by atoms with Gasteiger partial charge < -0.3 is 15.2 Å². The van der Waals surface area contributed by atoms with E-state index < -0.39 is 30.0 Å². The highest BCUT2D eigenvalue weighted by Gasteiger charge is 2.15. The molecule has 0 bridgehead atoms. The van der Waals surface area contributed by atoms with Gasteiger partial charge in [0.25, 0.3) is 0 Å². The smallest absolute Gasteiger partial charge is 0.341 e. The molecular weight excluding hydrogens is 395 g/mol. The van der Waals surface area contributed by atoms with Crippen molar-refractivity contribution in [3.8, 4) is 16.9 Å². The van der Waals surface area contributed by atoms with Crippen LogP contribution in [-0.4, -0.2) is 17.7 Å². The number of nitrogens with one attached hydrogen (secondary N) is 1. The summed E-state index contributed by atoms with van der Waals surface area (Å²) < 4.78 is 48.2. The summed E-state index contributed by atoms with van der Waals surface area (Å²) in [5.74, 6) is -2.51. The van der Waals surface area contributed by atoms with E-state index in [2.05, 4.69) is 5.32 Å². The average molecular weight is 415 g/mol. The number of rotatable bonds is 7. The second-order valence-corrected chi connectivity index (χ2v) is 6.88. The van der Waals surface area contributed by atoms with Gasteiger partial charge in [-0.25, -0.2) is 18.0 Å². The molecule has 0 spiro atoms. The van der Waals surface area contributed by atoms with Crippen LogP contribution in [0.3, 0.4) is 0 Å². The SMILES string of the molecule is Cc1cc(CNc2c(F)ccc(OCC(=O)O)c2C)c(F)c(-c2cccc(F)c2)c1. The highest BCUT2D eigenvalue weighted by atomic mass is 19.1. The zero-order valence-electron chi connectivity index (χ0n) is 16.4. The van der Waals surface area contributed by atoms with E-state index in [1.807, 2.05) is 0 Å². The number of carboxylic acid groups (broad SMARTS) is 1. The van der Waals surface area contributed by atoms with Gasteiger partial charge in [0.2, 0.25) is 0 Å². The van der Waals surface area contributed by atoms with Crippen molar-refractivity contribution in [2.24, 2.45) is 0 Å². The highest BCUT2D eigenvalue weighted by molar-refractivity contribution is 5.69. The zero-order valence-corrected chi connectivity index (χ0v) is 16.4. The standard InChI is InChI=1S/C23H20F3NO3/c1-13-8-16(22(26)18(9-13)15-4-3-5-17(24)10-15)11-27-23-14(2)20(7-6-19(23)25)30-12-21(28)29/h3-10,27H,11-12H2,1-2H3,(H,28,29). The molecule has 0 saturated heterocycles. The Morgan fingerprint density at radius 1 is 1.07 bits per heavy atom. The maximum atomic E-state index is 15.1. The van der Waals surface area contributed by atoms with Gasteiger partial charge in [-0.05, 0) is 55.3 Å². The molecule has 4 nitrogen and oxygen atoms in total. The molecule has 30 heavy (non-hydrogen) atoms. The van der Waals surface area contributed by atoms with E-state index in [4.69, 9.17) is 9.84 Å². The maximum absolute atomic E-state index is 15.1. The van der Waals surface area contributed by atoms with E-state index in [0.717, 1.165) is 11.6 Å². The quantitative estimate of drug-likeness (QED) is 0.538. The third-order valence-electron chi connectivity index (χ3n) is 4.60. The molecule has 0 atom stereocenters. The summed E-state index contributed by atoms with van der Waals surface area (Å²) in [4.78, 5) is 10.7. The number of aryl methyl sites for hydroxylation is 1. The van der Waals surface area contributed by atoms with Crippen molar-refractivity contribution in [1.29, 1.82) is 0 Å². The van der Waals surface area contributed by atoms with Crippen molar-refractivity contribution >= 4 is 11.7 Å². The molecule has 0 amide bonds. The van der Waals surface area contributed by atoms with Crippen LogP contribution in [0.5, 0.6) is 5.75 Å².